The highest BCUT2D eigenvalue weighted by molar-refractivity contribution is 5.75. The second-order valence-corrected chi connectivity index (χ2v) is 5.00. The molecule has 1 aliphatic rings. The summed E-state index contributed by atoms with van der Waals surface area (Å²) in [4.78, 5) is 13.7. The molecule has 1 aliphatic heterocycles. The molecule has 1 N–H and O–H groups in total. The Morgan fingerprint density at radius 2 is 2.41 bits per heavy atom. The number of amides is 1. The largest absolute Gasteiger partial charge is 0.346 e. The molecule has 0 saturated carbocycles. The topological polar surface area (TPSA) is 32.3 Å². The maximum Gasteiger partial charge on any atom is 0.222 e. The third-order valence-electron chi connectivity index (χ3n) is 3.49. The van der Waals surface area contributed by atoms with E-state index in [4.69, 9.17) is 0 Å². The van der Waals surface area contributed by atoms with E-state index in [-0.39, 0.29) is 0 Å². The van der Waals surface area contributed by atoms with Crippen LogP contribution in [0.25, 0.3) is 0 Å². The van der Waals surface area contributed by atoms with Crippen molar-refractivity contribution in [3.05, 3.63) is 12.7 Å². The molecule has 98 valence electrons. The molecule has 0 radical (unpaired) electrons. The van der Waals surface area contributed by atoms with Gasteiger partial charge in [0.15, 0.2) is 0 Å². The summed E-state index contributed by atoms with van der Waals surface area (Å²) in [5, 5.41) is 3.39. The van der Waals surface area contributed by atoms with Gasteiger partial charge in [0, 0.05) is 20.0 Å². The van der Waals surface area contributed by atoms with Gasteiger partial charge in [0.2, 0.25) is 5.91 Å². The smallest absolute Gasteiger partial charge is 0.222 e. The summed E-state index contributed by atoms with van der Waals surface area (Å²) in [6.07, 6.45) is 8.20. The molecule has 1 heterocycles. The highest BCUT2D eigenvalue weighted by atomic mass is 16.2. The number of carbonyl (C=O) groups is 1. The number of piperidine rings is 1. The van der Waals surface area contributed by atoms with Crippen molar-refractivity contribution in [1.29, 1.82) is 0 Å². The van der Waals surface area contributed by atoms with Crippen molar-refractivity contribution in [3.63, 3.8) is 0 Å². The minimum atomic E-state index is 0.291. The van der Waals surface area contributed by atoms with Crippen molar-refractivity contribution in [2.24, 2.45) is 5.92 Å². The van der Waals surface area contributed by atoms with Crippen LogP contribution < -0.4 is 5.32 Å². The van der Waals surface area contributed by atoms with Gasteiger partial charge in [-0.3, -0.25) is 4.79 Å². The Morgan fingerprint density at radius 1 is 1.59 bits per heavy atom. The summed E-state index contributed by atoms with van der Waals surface area (Å²) in [5.74, 6) is 0.994. The Labute approximate surface area is 105 Å². The summed E-state index contributed by atoms with van der Waals surface area (Å²) >= 11 is 0. The fourth-order valence-corrected chi connectivity index (χ4v) is 2.29. The molecule has 0 aromatic rings. The van der Waals surface area contributed by atoms with Gasteiger partial charge in [-0.25, -0.2) is 0 Å². The first-order valence-corrected chi connectivity index (χ1v) is 6.79. The quantitative estimate of drug-likeness (QED) is 0.545. The van der Waals surface area contributed by atoms with Gasteiger partial charge in [0.25, 0.3) is 0 Å². The van der Waals surface area contributed by atoms with Gasteiger partial charge in [-0.2, -0.15) is 0 Å². The molecule has 3 heteroatoms. The van der Waals surface area contributed by atoms with Crippen molar-refractivity contribution in [3.8, 4) is 0 Å². The van der Waals surface area contributed by atoms with Gasteiger partial charge >= 0.3 is 0 Å². The highest BCUT2D eigenvalue weighted by Gasteiger charge is 2.15. The minimum absolute atomic E-state index is 0.291. The van der Waals surface area contributed by atoms with E-state index >= 15 is 0 Å². The lowest BCUT2D eigenvalue weighted by atomic mass is 9.94. The minimum Gasteiger partial charge on any atom is -0.346 e. The van der Waals surface area contributed by atoms with Crippen LogP contribution in [-0.4, -0.2) is 37.5 Å². The van der Waals surface area contributed by atoms with Crippen LogP contribution in [0.3, 0.4) is 0 Å². The summed E-state index contributed by atoms with van der Waals surface area (Å²) in [5.41, 5.74) is 0. The van der Waals surface area contributed by atoms with Gasteiger partial charge in [-0.05, 0) is 51.1 Å². The Hall–Kier alpha value is -0.830. The summed E-state index contributed by atoms with van der Waals surface area (Å²) < 4.78 is 0. The average Bonchev–Trinajstić information content (AvgIpc) is 2.37. The number of hydrogen-bond donors (Lipinski definition) is 1. The van der Waals surface area contributed by atoms with Crippen molar-refractivity contribution >= 4 is 5.91 Å². The standard InChI is InChI=1S/C14H26N2O/c1-3-4-5-11-16(2)14(17)9-8-13-7-6-10-15-12-13/h3,13,15H,1,4-12H2,2H3. The maximum absolute atomic E-state index is 11.9. The lowest BCUT2D eigenvalue weighted by Gasteiger charge is -2.23. The number of allylic oxidation sites excluding steroid dienone is 1. The first-order chi connectivity index (χ1) is 8.24. The first kappa shape index (κ1) is 14.2. The molecular weight excluding hydrogens is 212 g/mol. The molecule has 3 nitrogen and oxygen atoms in total. The van der Waals surface area contributed by atoms with Crippen LogP contribution in [-0.2, 0) is 4.79 Å². The summed E-state index contributed by atoms with van der Waals surface area (Å²) in [6.45, 7) is 6.78. The van der Waals surface area contributed by atoms with Gasteiger partial charge in [0.05, 0.1) is 0 Å². The number of unbranched alkanes of at least 4 members (excludes halogenated alkanes) is 1. The fourth-order valence-electron chi connectivity index (χ4n) is 2.29. The number of rotatable bonds is 7. The lowest BCUT2D eigenvalue weighted by Crippen LogP contribution is -2.32. The maximum atomic E-state index is 11.9. The van der Waals surface area contributed by atoms with Gasteiger partial charge in [-0.1, -0.05) is 6.08 Å². The normalized spacial score (nSPS) is 19.9. The molecule has 0 aromatic heterocycles. The molecule has 0 spiro atoms. The second kappa shape index (κ2) is 8.29. The van der Waals surface area contributed by atoms with Crippen molar-refractivity contribution in [2.75, 3.05) is 26.7 Å². The van der Waals surface area contributed by atoms with Crippen LogP contribution in [0.1, 0.15) is 38.5 Å². The average molecular weight is 238 g/mol. The van der Waals surface area contributed by atoms with Crippen LogP contribution in [0.2, 0.25) is 0 Å². The van der Waals surface area contributed by atoms with E-state index in [1.165, 1.54) is 12.8 Å². The molecule has 1 amide bonds. The molecule has 1 rings (SSSR count). The zero-order valence-electron chi connectivity index (χ0n) is 11.1. The van der Waals surface area contributed by atoms with E-state index in [1.807, 2.05) is 18.0 Å². The molecule has 1 fully saturated rings. The second-order valence-electron chi connectivity index (χ2n) is 5.00. The molecule has 1 saturated heterocycles. The number of nitrogens with zero attached hydrogens (tertiary/aromatic N) is 1. The van der Waals surface area contributed by atoms with Crippen molar-refractivity contribution in [1.82, 2.24) is 10.2 Å². The molecular formula is C14H26N2O. The molecule has 1 unspecified atom stereocenters. The van der Waals surface area contributed by atoms with E-state index in [0.717, 1.165) is 38.9 Å². The van der Waals surface area contributed by atoms with Crippen LogP contribution in [0, 0.1) is 5.92 Å². The molecule has 0 bridgehead atoms. The Bertz CT molecular complexity index is 234. The molecule has 0 aromatic carbocycles. The predicted molar refractivity (Wildman–Crippen MR) is 71.9 cm³/mol. The third-order valence-corrected chi connectivity index (χ3v) is 3.49. The molecule has 0 aliphatic carbocycles. The third kappa shape index (κ3) is 5.87. The predicted octanol–water partition coefficient (Wildman–Crippen LogP) is 2.19. The summed E-state index contributed by atoms with van der Waals surface area (Å²) in [6, 6.07) is 0. The Kier molecular flexibility index (Phi) is 6.94. The zero-order valence-corrected chi connectivity index (χ0v) is 11.1. The molecule has 17 heavy (non-hydrogen) atoms. The van der Waals surface area contributed by atoms with Gasteiger partial charge < -0.3 is 10.2 Å². The van der Waals surface area contributed by atoms with Crippen LogP contribution in [0.4, 0.5) is 0 Å². The van der Waals surface area contributed by atoms with E-state index in [0.29, 0.717) is 18.2 Å². The number of carbonyl (C=O) groups excluding carboxylic acids is 1. The Morgan fingerprint density at radius 3 is 3.06 bits per heavy atom. The number of nitrogens with one attached hydrogen (secondary N) is 1. The van der Waals surface area contributed by atoms with E-state index in [9.17, 15) is 4.79 Å². The van der Waals surface area contributed by atoms with E-state index in [2.05, 4.69) is 11.9 Å². The van der Waals surface area contributed by atoms with Crippen LogP contribution in [0.5, 0.6) is 0 Å². The van der Waals surface area contributed by atoms with Crippen molar-refractivity contribution in [2.45, 2.75) is 38.5 Å². The van der Waals surface area contributed by atoms with Crippen LogP contribution >= 0.6 is 0 Å². The summed E-state index contributed by atoms with van der Waals surface area (Å²) in [7, 11) is 1.91. The van der Waals surface area contributed by atoms with Gasteiger partial charge in [0.1, 0.15) is 0 Å². The zero-order chi connectivity index (χ0) is 12.5. The lowest BCUT2D eigenvalue weighted by molar-refractivity contribution is -0.130. The van der Waals surface area contributed by atoms with E-state index in [1.54, 1.807) is 0 Å². The van der Waals surface area contributed by atoms with Crippen LogP contribution in [0.15, 0.2) is 12.7 Å². The van der Waals surface area contributed by atoms with Gasteiger partial charge in [-0.15, -0.1) is 6.58 Å². The first-order valence-electron chi connectivity index (χ1n) is 6.79. The van der Waals surface area contributed by atoms with Crippen molar-refractivity contribution < 1.29 is 4.79 Å². The fraction of sp³-hybridized carbons (Fsp3) is 0.786. The highest BCUT2D eigenvalue weighted by Crippen LogP contribution is 2.16. The molecule has 1 atom stereocenters. The SMILES string of the molecule is C=CCCCN(C)C(=O)CCC1CCCNC1. The van der Waals surface area contributed by atoms with E-state index < -0.39 is 0 Å². The Balaban J connectivity index is 2.12. The number of hydrogen-bond acceptors (Lipinski definition) is 2. The monoisotopic (exact) mass is 238 g/mol.